The van der Waals surface area contributed by atoms with Gasteiger partial charge in [0.1, 0.15) is 18.3 Å². The molecule has 0 aliphatic carbocycles. The van der Waals surface area contributed by atoms with Crippen LogP contribution in [0.15, 0.2) is 12.2 Å². The van der Waals surface area contributed by atoms with Crippen LogP contribution in [0.25, 0.3) is 0 Å². The lowest BCUT2D eigenvalue weighted by molar-refractivity contribution is -0.145. The number of aliphatic hydroxyl groups excluding tert-OH is 3. The first-order chi connectivity index (χ1) is 8.10. The number of carbonyl (C=O) groups is 1. The summed E-state index contributed by atoms with van der Waals surface area (Å²) in [6.45, 7) is 5.75. The van der Waals surface area contributed by atoms with Gasteiger partial charge in [0.2, 0.25) is 5.91 Å². The number of methoxy groups -OCH3 is 1. The highest BCUT2D eigenvalue weighted by Crippen LogP contribution is 2.16. The quantitative estimate of drug-likeness (QED) is 0.466. The predicted octanol–water partition coefficient (Wildman–Crippen LogP) is -0.828. The van der Waals surface area contributed by atoms with Crippen molar-refractivity contribution < 1.29 is 24.9 Å². The summed E-state index contributed by atoms with van der Waals surface area (Å²) in [6, 6.07) is 0. The van der Waals surface area contributed by atoms with E-state index in [0.717, 1.165) is 0 Å². The SMILES string of the molecule is COC(C(N)=O)C(O)C(O)C(O)C=CC(C)(C)C. The molecule has 0 aliphatic rings. The Morgan fingerprint density at radius 2 is 1.72 bits per heavy atom. The van der Waals surface area contributed by atoms with Crippen molar-refractivity contribution in [3.8, 4) is 0 Å². The van der Waals surface area contributed by atoms with Gasteiger partial charge in [0, 0.05) is 7.11 Å². The van der Waals surface area contributed by atoms with Gasteiger partial charge in [0.05, 0.1) is 0 Å². The van der Waals surface area contributed by atoms with Gasteiger partial charge in [-0.25, -0.2) is 0 Å². The summed E-state index contributed by atoms with van der Waals surface area (Å²) in [5.41, 5.74) is 4.82. The van der Waals surface area contributed by atoms with E-state index in [1.165, 1.54) is 13.2 Å². The van der Waals surface area contributed by atoms with E-state index in [9.17, 15) is 20.1 Å². The molecule has 1 amide bonds. The molecular formula is C12H23NO5. The lowest BCUT2D eigenvalue weighted by Gasteiger charge is -2.26. The molecule has 0 saturated heterocycles. The number of carbonyl (C=O) groups excluding carboxylic acids is 1. The number of aliphatic hydroxyl groups is 3. The van der Waals surface area contributed by atoms with E-state index in [4.69, 9.17) is 5.73 Å². The molecule has 0 radical (unpaired) electrons. The number of nitrogens with two attached hydrogens (primary N) is 1. The monoisotopic (exact) mass is 261 g/mol. The number of amides is 1. The Kier molecular flexibility index (Phi) is 6.48. The first-order valence-corrected chi connectivity index (χ1v) is 5.66. The molecule has 5 N–H and O–H groups in total. The van der Waals surface area contributed by atoms with Crippen LogP contribution in [-0.2, 0) is 9.53 Å². The highest BCUT2D eigenvalue weighted by molar-refractivity contribution is 5.79. The van der Waals surface area contributed by atoms with Gasteiger partial charge in [-0.1, -0.05) is 32.9 Å². The molecule has 0 aromatic heterocycles. The Morgan fingerprint density at radius 1 is 1.22 bits per heavy atom. The Bertz CT molecular complexity index is 297. The summed E-state index contributed by atoms with van der Waals surface area (Å²) in [7, 11) is 1.18. The second kappa shape index (κ2) is 6.84. The average molecular weight is 261 g/mol. The number of rotatable bonds is 6. The van der Waals surface area contributed by atoms with Gasteiger partial charge in [-0.3, -0.25) is 4.79 Å². The van der Waals surface area contributed by atoms with Crippen LogP contribution in [0.4, 0.5) is 0 Å². The standard InChI is InChI=1S/C12H23NO5/c1-12(2,3)6-5-7(14)8(15)9(16)10(18-4)11(13)17/h5-10,14-16H,1-4H3,(H2,13,17). The second-order valence-electron chi connectivity index (χ2n) is 5.26. The predicted molar refractivity (Wildman–Crippen MR) is 66.6 cm³/mol. The van der Waals surface area contributed by atoms with Gasteiger partial charge in [-0.05, 0) is 5.41 Å². The average Bonchev–Trinajstić information content (AvgIpc) is 2.24. The van der Waals surface area contributed by atoms with Gasteiger partial charge in [-0.2, -0.15) is 0 Å². The van der Waals surface area contributed by atoms with E-state index < -0.39 is 30.3 Å². The van der Waals surface area contributed by atoms with Crippen LogP contribution in [0.2, 0.25) is 0 Å². The minimum Gasteiger partial charge on any atom is -0.387 e. The number of allylic oxidation sites excluding steroid dienone is 1. The molecule has 4 atom stereocenters. The molecule has 0 aliphatic heterocycles. The van der Waals surface area contributed by atoms with Crippen molar-refractivity contribution >= 4 is 5.91 Å². The zero-order valence-corrected chi connectivity index (χ0v) is 11.2. The number of ether oxygens (including phenoxy) is 1. The zero-order valence-electron chi connectivity index (χ0n) is 11.2. The van der Waals surface area contributed by atoms with Crippen LogP contribution in [0, 0.1) is 5.41 Å². The Hall–Kier alpha value is -0.950. The number of primary amides is 1. The van der Waals surface area contributed by atoms with Gasteiger partial charge in [0.25, 0.3) is 0 Å². The normalized spacial score (nSPS) is 19.5. The first kappa shape index (κ1) is 17.1. The molecule has 0 saturated carbocycles. The highest BCUT2D eigenvalue weighted by Gasteiger charge is 2.33. The summed E-state index contributed by atoms with van der Waals surface area (Å²) >= 11 is 0. The smallest absolute Gasteiger partial charge is 0.249 e. The molecule has 0 aromatic rings. The molecular weight excluding hydrogens is 238 g/mol. The van der Waals surface area contributed by atoms with E-state index in [0.29, 0.717) is 0 Å². The molecule has 6 nitrogen and oxygen atoms in total. The van der Waals surface area contributed by atoms with Gasteiger partial charge < -0.3 is 25.8 Å². The maximum atomic E-state index is 10.9. The topological polar surface area (TPSA) is 113 Å². The Morgan fingerprint density at radius 3 is 2.06 bits per heavy atom. The fourth-order valence-electron chi connectivity index (χ4n) is 1.31. The van der Waals surface area contributed by atoms with Gasteiger partial charge in [-0.15, -0.1) is 0 Å². The fourth-order valence-corrected chi connectivity index (χ4v) is 1.31. The third-order valence-corrected chi connectivity index (χ3v) is 2.34. The fraction of sp³-hybridized carbons (Fsp3) is 0.750. The molecule has 0 aromatic carbocycles. The van der Waals surface area contributed by atoms with Crippen LogP contribution in [-0.4, -0.2) is 52.8 Å². The van der Waals surface area contributed by atoms with Crippen LogP contribution in [0.1, 0.15) is 20.8 Å². The minimum absolute atomic E-state index is 0.171. The lowest BCUT2D eigenvalue weighted by atomic mass is 9.94. The Balaban J connectivity index is 4.68. The van der Waals surface area contributed by atoms with E-state index in [-0.39, 0.29) is 5.41 Å². The van der Waals surface area contributed by atoms with Crippen LogP contribution >= 0.6 is 0 Å². The largest absolute Gasteiger partial charge is 0.387 e. The van der Waals surface area contributed by atoms with Gasteiger partial charge >= 0.3 is 0 Å². The molecule has 0 rings (SSSR count). The van der Waals surface area contributed by atoms with Crippen LogP contribution in [0.3, 0.4) is 0 Å². The van der Waals surface area contributed by atoms with Crippen molar-refractivity contribution in [2.45, 2.75) is 45.2 Å². The number of hydrogen-bond acceptors (Lipinski definition) is 5. The van der Waals surface area contributed by atoms with Crippen molar-refractivity contribution in [1.82, 2.24) is 0 Å². The van der Waals surface area contributed by atoms with Crippen molar-refractivity contribution in [2.24, 2.45) is 11.1 Å². The molecule has 106 valence electrons. The summed E-state index contributed by atoms with van der Waals surface area (Å²) in [5.74, 6) is -0.906. The van der Waals surface area contributed by atoms with Crippen LogP contribution < -0.4 is 5.73 Å². The van der Waals surface area contributed by atoms with Crippen molar-refractivity contribution in [1.29, 1.82) is 0 Å². The maximum absolute atomic E-state index is 10.9. The lowest BCUT2D eigenvalue weighted by Crippen LogP contribution is -2.50. The summed E-state index contributed by atoms with van der Waals surface area (Å²) < 4.78 is 4.67. The summed E-state index contributed by atoms with van der Waals surface area (Å²) in [6.07, 6.45) is -2.76. The van der Waals surface area contributed by atoms with Crippen molar-refractivity contribution in [3.63, 3.8) is 0 Å². The van der Waals surface area contributed by atoms with E-state index >= 15 is 0 Å². The molecule has 0 heterocycles. The maximum Gasteiger partial charge on any atom is 0.249 e. The Labute approximate surface area is 107 Å². The van der Waals surface area contributed by atoms with Crippen molar-refractivity contribution in [3.05, 3.63) is 12.2 Å². The molecule has 4 unspecified atom stereocenters. The first-order valence-electron chi connectivity index (χ1n) is 5.66. The van der Waals surface area contributed by atoms with Crippen molar-refractivity contribution in [2.75, 3.05) is 7.11 Å². The number of hydrogen-bond donors (Lipinski definition) is 4. The van der Waals surface area contributed by atoms with E-state index in [2.05, 4.69) is 4.74 Å². The molecule has 0 bridgehead atoms. The second-order valence-corrected chi connectivity index (χ2v) is 5.26. The molecule has 6 heteroatoms. The highest BCUT2D eigenvalue weighted by atomic mass is 16.5. The van der Waals surface area contributed by atoms with E-state index in [1.807, 2.05) is 20.8 Å². The molecule has 0 fully saturated rings. The third kappa shape index (κ3) is 5.59. The molecule has 18 heavy (non-hydrogen) atoms. The van der Waals surface area contributed by atoms with Crippen LogP contribution in [0.5, 0.6) is 0 Å². The minimum atomic E-state index is -1.59. The molecule has 0 spiro atoms. The zero-order chi connectivity index (χ0) is 14.5. The van der Waals surface area contributed by atoms with E-state index in [1.54, 1.807) is 6.08 Å². The third-order valence-electron chi connectivity index (χ3n) is 2.34. The summed E-state index contributed by atoms with van der Waals surface area (Å²) in [5, 5.41) is 29.0. The van der Waals surface area contributed by atoms with Gasteiger partial charge in [0.15, 0.2) is 6.10 Å². The summed E-state index contributed by atoms with van der Waals surface area (Å²) in [4.78, 5) is 10.9.